The summed E-state index contributed by atoms with van der Waals surface area (Å²) in [6, 6.07) is 1.26. The molecule has 0 spiro atoms. The molecule has 0 saturated heterocycles. The molecule has 0 bridgehead atoms. The van der Waals surface area contributed by atoms with Gasteiger partial charge in [0.25, 0.3) is 5.91 Å². The summed E-state index contributed by atoms with van der Waals surface area (Å²) in [7, 11) is 1.38. The summed E-state index contributed by atoms with van der Waals surface area (Å²) in [4.78, 5) is 11.7. The number of amides is 1. The Hall–Kier alpha value is -1.05. The summed E-state index contributed by atoms with van der Waals surface area (Å²) in [5.74, 6) is -2.89. The summed E-state index contributed by atoms with van der Waals surface area (Å²) in [6.07, 6.45) is 0. The van der Waals surface area contributed by atoms with Crippen molar-refractivity contribution in [3.8, 4) is 0 Å². The zero-order valence-electron chi connectivity index (χ0n) is 9.54. The van der Waals surface area contributed by atoms with Crippen molar-refractivity contribution in [2.75, 3.05) is 20.3 Å². The lowest BCUT2D eigenvalue weighted by Gasteiger charge is -2.15. The Kier molecular flexibility index (Phi) is 5.64. The van der Waals surface area contributed by atoms with E-state index in [9.17, 15) is 13.6 Å². The average Bonchev–Trinajstić information content (AvgIpc) is 2.26. The van der Waals surface area contributed by atoms with E-state index in [1.165, 1.54) is 7.11 Å². The fraction of sp³-hybridized carbons (Fsp3) is 0.364. The molecule has 0 fully saturated rings. The molecular weight excluding hydrogens is 312 g/mol. The quantitative estimate of drug-likeness (QED) is 0.862. The van der Waals surface area contributed by atoms with Gasteiger partial charge in [-0.15, -0.1) is 0 Å². The molecule has 0 heterocycles. The Morgan fingerprint density at radius 3 is 2.50 bits per heavy atom. The number of ether oxygens (including phenoxy) is 1. The number of hydrogen-bond acceptors (Lipinski definition) is 3. The molecule has 0 aliphatic heterocycles. The van der Waals surface area contributed by atoms with E-state index in [1.807, 2.05) is 0 Å². The van der Waals surface area contributed by atoms with Crippen LogP contribution < -0.4 is 5.32 Å². The van der Waals surface area contributed by atoms with Gasteiger partial charge in [0.15, 0.2) is 0 Å². The number of methoxy groups -OCH3 is 1. The molecule has 1 unspecified atom stereocenters. The molecule has 0 aromatic heterocycles. The van der Waals surface area contributed by atoms with Gasteiger partial charge in [-0.25, -0.2) is 8.78 Å². The van der Waals surface area contributed by atoms with Crippen LogP contribution in [0.1, 0.15) is 10.4 Å². The van der Waals surface area contributed by atoms with E-state index in [0.29, 0.717) is 0 Å². The second kappa shape index (κ2) is 6.77. The van der Waals surface area contributed by atoms with Gasteiger partial charge < -0.3 is 15.2 Å². The van der Waals surface area contributed by atoms with Gasteiger partial charge in [0.2, 0.25) is 0 Å². The number of benzene rings is 1. The molecule has 0 aliphatic carbocycles. The van der Waals surface area contributed by atoms with Gasteiger partial charge in [0, 0.05) is 11.6 Å². The molecule has 7 heteroatoms. The molecule has 1 aromatic rings. The topological polar surface area (TPSA) is 58.6 Å². The first-order valence-electron chi connectivity index (χ1n) is 5.04. The third-order valence-electron chi connectivity index (χ3n) is 2.16. The predicted molar refractivity (Wildman–Crippen MR) is 64.3 cm³/mol. The van der Waals surface area contributed by atoms with Crippen LogP contribution in [-0.2, 0) is 4.74 Å². The summed E-state index contributed by atoms with van der Waals surface area (Å²) >= 11 is 2.91. The highest BCUT2D eigenvalue weighted by Gasteiger charge is 2.20. The third kappa shape index (κ3) is 3.72. The van der Waals surface area contributed by atoms with Crippen molar-refractivity contribution in [3.05, 3.63) is 33.8 Å². The Morgan fingerprint density at radius 2 is 2.06 bits per heavy atom. The number of nitrogens with one attached hydrogen (secondary N) is 1. The molecule has 1 rings (SSSR count). The maximum atomic E-state index is 13.5. The summed E-state index contributed by atoms with van der Waals surface area (Å²) in [5.41, 5.74) is -0.687. The molecular formula is C11H12BrF2NO3. The van der Waals surface area contributed by atoms with Crippen molar-refractivity contribution in [1.29, 1.82) is 0 Å². The van der Waals surface area contributed by atoms with E-state index >= 15 is 0 Å². The molecule has 1 aromatic carbocycles. The number of rotatable bonds is 5. The minimum atomic E-state index is -0.978. The number of halogens is 3. The summed E-state index contributed by atoms with van der Waals surface area (Å²) < 4.78 is 31.9. The third-order valence-corrected chi connectivity index (χ3v) is 2.62. The van der Waals surface area contributed by atoms with E-state index < -0.39 is 29.1 Å². The highest BCUT2D eigenvalue weighted by Crippen LogP contribution is 2.19. The molecule has 4 nitrogen and oxygen atoms in total. The number of hydrogen-bond donors (Lipinski definition) is 2. The number of carbonyl (C=O) groups excluding carboxylic acids is 1. The van der Waals surface area contributed by atoms with Gasteiger partial charge in [0.1, 0.15) is 17.2 Å². The second-order valence-electron chi connectivity index (χ2n) is 3.55. The van der Waals surface area contributed by atoms with E-state index in [4.69, 9.17) is 9.84 Å². The van der Waals surface area contributed by atoms with Crippen LogP contribution in [0.25, 0.3) is 0 Å². The largest absolute Gasteiger partial charge is 0.394 e. The van der Waals surface area contributed by atoms with Crippen LogP contribution in [0.5, 0.6) is 0 Å². The first-order valence-corrected chi connectivity index (χ1v) is 5.84. The number of carbonyl (C=O) groups is 1. The van der Waals surface area contributed by atoms with Crippen LogP contribution in [0.4, 0.5) is 8.78 Å². The Bertz CT molecular complexity index is 419. The molecule has 1 atom stereocenters. The van der Waals surface area contributed by atoms with Crippen LogP contribution in [0, 0.1) is 11.6 Å². The maximum absolute atomic E-state index is 13.5. The lowest BCUT2D eigenvalue weighted by molar-refractivity contribution is 0.0832. The number of aliphatic hydroxyl groups is 1. The molecule has 2 N–H and O–H groups in total. The first kappa shape index (κ1) is 15.0. The molecule has 100 valence electrons. The zero-order valence-corrected chi connectivity index (χ0v) is 11.1. The Morgan fingerprint density at radius 1 is 1.50 bits per heavy atom. The van der Waals surface area contributed by atoms with Crippen LogP contribution >= 0.6 is 15.9 Å². The van der Waals surface area contributed by atoms with Crippen molar-refractivity contribution in [2.24, 2.45) is 0 Å². The van der Waals surface area contributed by atoms with Crippen LogP contribution in [-0.4, -0.2) is 37.4 Å². The molecule has 0 radical (unpaired) electrons. The number of aliphatic hydroxyl groups excluding tert-OH is 1. The minimum Gasteiger partial charge on any atom is -0.394 e. The SMILES string of the molecule is COCC(CO)NC(=O)c1c(F)cc(Br)cc1F. The highest BCUT2D eigenvalue weighted by atomic mass is 79.9. The van der Waals surface area contributed by atoms with Crippen LogP contribution in [0.2, 0.25) is 0 Å². The van der Waals surface area contributed by atoms with Gasteiger partial charge in [-0.05, 0) is 12.1 Å². The van der Waals surface area contributed by atoms with Crippen molar-refractivity contribution >= 4 is 21.8 Å². The van der Waals surface area contributed by atoms with Gasteiger partial charge in [-0.2, -0.15) is 0 Å². The lowest BCUT2D eigenvalue weighted by Crippen LogP contribution is -2.41. The normalized spacial score (nSPS) is 12.3. The predicted octanol–water partition coefficient (Wildman–Crippen LogP) is 1.46. The van der Waals surface area contributed by atoms with Gasteiger partial charge in [-0.3, -0.25) is 4.79 Å². The fourth-order valence-corrected chi connectivity index (χ4v) is 1.76. The van der Waals surface area contributed by atoms with Crippen molar-refractivity contribution < 1.29 is 23.4 Å². The van der Waals surface area contributed by atoms with Crippen molar-refractivity contribution in [1.82, 2.24) is 5.32 Å². The Labute approximate surface area is 111 Å². The van der Waals surface area contributed by atoms with Gasteiger partial charge >= 0.3 is 0 Å². The average molecular weight is 324 g/mol. The minimum absolute atomic E-state index is 0.0437. The maximum Gasteiger partial charge on any atom is 0.257 e. The van der Waals surface area contributed by atoms with Crippen molar-refractivity contribution in [2.45, 2.75) is 6.04 Å². The molecule has 0 aliphatic rings. The van der Waals surface area contributed by atoms with Crippen LogP contribution in [0.3, 0.4) is 0 Å². The van der Waals surface area contributed by atoms with E-state index in [-0.39, 0.29) is 17.7 Å². The summed E-state index contributed by atoms with van der Waals surface area (Å²) in [6.45, 7) is -0.346. The zero-order chi connectivity index (χ0) is 13.7. The Balaban J connectivity index is 2.90. The lowest BCUT2D eigenvalue weighted by atomic mass is 10.1. The smallest absolute Gasteiger partial charge is 0.257 e. The molecule has 0 saturated carbocycles. The second-order valence-corrected chi connectivity index (χ2v) is 4.47. The highest BCUT2D eigenvalue weighted by molar-refractivity contribution is 9.10. The van der Waals surface area contributed by atoms with Crippen molar-refractivity contribution in [3.63, 3.8) is 0 Å². The molecule has 18 heavy (non-hydrogen) atoms. The van der Waals surface area contributed by atoms with Gasteiger partial charge in [0.05, 0.1) is 19.3 Å². The fourth-order valence-electron chi connectivity index (χ4n) is 1.36. The molecule has 1 amide bonds. The van der Waals surface area contributed by atoms with Gasteiger partial charge in [-0.1, -0.05) is 15.9 Å². The van der Waals surface area contributed by atoms with E-state index in [1.54, 1.807) is 0 Å². The standard InChI is InChI=1S/C11H12BrF2NO3/c1-18-5-7(4-16)15-11(17)10-8(13)2-6(12)3-9(10)14/h2-3,7,16H,4-5H2,1H3,(H,15,17). The van der Waals surface area contributed by atoms with E-state index in [0.717, 1.165) is 12.1 Å². The van der Waals surface area contributed by atoms with Crippen LogP contribution in [0.15, 0.2) is 16.6 Å². The van der Waals surface area contributed by atoms with E-state index in [2.05, 4.69) is 21.2 Å². The summed E-state index contributed by atoms with van der Waals surface area (Å²) in [5, 5.41) is 11.2. The monoisotopic (exact) mass is 323 g/mol. The first-order chi connectivity index (χ1) is 8.49.